The Morgan fingerprint density at radius 3 is 2.70 bits per heavy atom. The van der Waals surface area contributed by atoms with Crippen molar-refractivity contribution < 1.29 is 19.4 Å². The molecule has 2 rings (SSSR count). The topological polar surface area (TPSA) is 59.0 Å². The molecule has 1 aliphatic rings. The molecule has 23 heavy (non-hydrogen) atoms. The standard InChI is InChI=1S/C18H27NO4/c1-18(2,3)23-17(21)19-10-9-15(11-19)16(20)13-22-12-14-7-5-4-6-8-14/h4-8,15-16,20H,9-13H2,1-3H3. The Hall–Kier alpha value is -1.59. The zero-order chi connectivity index (χ0) is 16.9. The van der Waals surface area contributed by atoms with Gasteiger partial charge in [0.2, 0.25) is 0 Å². The van der Waals surface area contributed by atoms with Gasteiger partial charge in [0, 0.05) is 19.0 Å². The number of hydrogen-bond acceptors (Lipinski definition) is 4. The lowest BCUT2D eigenvalue weighted by molar-refractivity contribution is -0.00237. The van der Waals surface area contributed by atoms with E-state index in [1.165, 1.54) is 0 Å². The van der Waals surface area contributed by atoms with Gasteiger partial charge in [0.1, 0.15) is 5.60 Å². The molecular weight excluding hydrogens is 294 g/mol. The number of aliphatic hydroxyl groups is 1. The second-order valence-electron chi connectivity index (χ2n) is 7.04. The monoisotopic (exact) mass is 321 g/mol. The maximum Gasteiger partial charge on any atom is 0.410 e. The van der Waals surface area contributed by atoms with Gasteiger partial charge in [0.25, 0.3) is 0 Å². The summed E-state index contributed by atoms with van der Waals surface area (Å²) in [6, 6.07) is 9.87. The lowest BCUT2D eigenvalue weighted by atomic mass is 10.0. The van der Waals surface area contributed by atoms with Gasteiger partial charge in [-0.15, -0.1) is 0 Å². The Balaban J connectivity index is 1.72. The molecule has 5 heteroatoms. The first kappa shape index (κ1) is 17.8. The van der Waals surface area contributed by atoms with Crippen molar-refractivity contribution in [2.45, 2.75) is 45.5 Å². The van der Waals surface area contributed by atoms with E-state index in [1.807, 2.05) is 51.1 Å². The lowest BCUT2D eigenvalue weighted by Gasteiger charge is -2.25. The Morgan fingerprint density at radius 2 is 2.04 bits per heavy atom. The fraction of sp³-hybridized carbons (Fsp3) is 0.611. The zero-order valence-electron chi connectivity index (χ0n) is 14.2. The lowest BCUT2D eigenvalue weighted by Crippen LogP contribution is -2.36. The van der Waals surface area contributed by atoms with Gasteiger partial charge in [-0.25, -0.2) is 4.79 Å². The van der Waals surface area contributed by atoms with Crippen LogP contribution in [0.25, 0.3) is 0 Å². The fourth-order valence-electron chi connectivity index (χ4n) is 2.60. The molecule has 1 fully saturated rings. The van der Waals surface area contributed by atoms with Crippen LogP contribution in [0.5, 0.6) is 0 Å². The van der Waals surface area contributed by atoms with Crippen molar-refractivity contribution >= 4 is 6.09 Å². The van der Waals surface area contributed by atoms with E-state index in [-0.39, 0.29) is 18.6 Å². The van der Waals surface area contributed by atoms with Crippen molar-refractivity contribution in [3.8, 4) is 0 Å². The highest BCUT2D eigenvalue weighted by Crippen LogP contribution is 2.22. The molecule has 1 amide bonds. The second-order valence-corrected chi connectivity index (χ2v) is 7.04. The minimum atomic E-state index is -0.564. The number of ether oxygens (including phenoxy) is 2. The summed E-state index contributed by atoms with van der Waals surface area (Å²) in [5.74, 6) is 0.0401. The van der Waals surface area contributed by atoms with Crippen LogP contribution in [0.3, 0.4) is 0 Å². The van der Waals surface area contributed by atoms with Crippen molar-refractivity contribution in [3.63, 3.8) is 0 Å². The normalized spacial score (nSPS) is 19.7. The minimum Gasteiger partial charge on any atom is -0.444 e. The van der Waals surface area contributed by atoms with E-state index in [0.717, 1.165) is 12.0 Å². The minimum absolute atomic E-state index is 0.0401. The predicted molar refractivity (Wildman–Crippen MR) is 88.0 cm³/mol. The van der Waals surface area contributed by atoms with E-state index in [4.69, 9.17) is 9.47 Å². The van der Waals surface area contributed by atoms with Crippen LogP contribution in [0.1, 0.15) is 32.8 Å². The molecule has 0 aromatic heterocycles. The third kappa shape index (κ3) is 5.84. The molecule has 0 saturated carbocycles. The highest BCUT2D eigenvalue weighted by molar-refractivity contribution is 5.68. The molecule has 1 aromatic rings. The highest BCUT2D eigenvalue weighted by atomic mass is 16.6. The van der Waals surface area contributed by atoms with Gasteiger partial charge in [-0.05, 0) is 32.8 Å². The van der Waals surface area contributed by atoms with Crippen LogP contribution >= 0.6 is 0 Å². The Kier molecular flexibility index (Phi) is 6.02. The van der Waals surface area contributed by atoms with Crippen LogP contribution in [0.2, 0.25) is 0 Å². The average molecular weight is 321 g/mol. The number of carbonyl (C=O) groups excluding carboxylic acids is 1. The van der Waals surface area contributed by atoms with Gasteiger partial charge in [-0.1, -0.05) is 30.3 Å². The van der Waals surface area contributed by atoms with Crippen molar-refractivity contribution in [1.29, 1.82) is 0 Å². The van der Waals surface area contributed by atoms with Crippen molar-refractivity contribution in [2.75, 3.05) is 19.7 Å². The van der Waals surface area contributed by atoms with Crippen LogP contribution in [0, 0.1) is 5.92 Å². The number of nitrogens with zero attached hydrogens (tertiary/aromatic N) is 1. The molecule has 1 aliphatic heterocycles. The van der Waals surface area contributed by atoms with Gasteiger partial charge in [0.15, 0.2) is 0 Å². The molecule has 0 aliphatic carbocycles. The second kappa shape index (κ2) is 7.79. The van der Waals surface area contributed by atoms with Crippen LogP contribution in [-0.2, 0) is 16.1 Å². The zero-order valence-corrected chi connectivity index (χ0v) is 14.2. The van der Waals surface area contributed by atoms with E-state index in [2.05, 4.69) is 0 Å². The van der Waals surface area contributed by atoms with Crippen LogP contribution in [0.4, 0.5) is 4.79 Å². The van der Waals surface area contributed by atoms with E-state index in [1.54, 1.807) is 4.90 Å². The molecule has 1 aromatic carbocycles. The van der Waals surface area contributed by atoms with E-state index in [0.29, 0.717) is 19.7 Å². The molecule has 128 valence electrons. The maximum absolute atomic E-state index is 12.0. The quantitative estimate of drug-likeness (QED) is 0.906. The van der Waals surface area contributed by atoms with E-state index in [9.17, 15) is 9.90 Å². The number of rotatable bonds is 5. The molecule has 1 heterocycles. The summed E-state index contributed by atoms with van der Waals surface area (Å²) in [5.41, 5.74) is 0.591. The first-order valence-electron chi connectivity index (χ1n) is 8.13. The molecule has 0 spiro atoms. The molecule has 2 atom stereocenters. The first-order chi connectivity index (χ1) is 10.8. The largest absolute Gasteiger partial charge is 0.444 e. The highest BCUT2D eigenvalue weighted by Gasteiger charge is 2.33. The summed E-state index contributed by atoms with van der Waals surface area (Å²) >= 11 is 0. The summed E-state index contributed by atoms with van der Waals surface area (Å²) in [5, 5.41) is 10.3. The molecule has 5 nitrogen and oxygen atoms in total. The third-order valence-electron chi connectivity index (χ3n) is 3.82. The van der Waals surface area contributed by atoms with Gasteiger partial charge in [-0.3, -0.25) is 0 Å². The summed E-state index contributed by atoms with van der Waals surface area (Å²) in [7, 11) is 0. The number of benzene rings is 1. The predicted octanol–water partition coefficient (Wildman–Crippen LogP) is 2.82. The third-order valence-corrected chi connectivity index (χ3v) is 3.82. The molecular formula is C18H27NO4. The van der Waals surface area contributed by atoms with Gasteiger partial charge < -0.3 is 19.5 Å². The summed E-state index contributed by atoms with van der Waals surface area (Å²) < 4.78 is 10.9. The number of carbonyl (C=O) groups is 1. The number of amides is 1. The van der Waals surface area contributed by atoms with Gasteiger partial charge in [0.05, 0.1) is 19.3 Å². The average Bonchev–Trinajstić information content (AvgIpc) is 2.96. The summed E-state index contributed by atoms with van der Waals surface area (Å²) in [4.78, 5) is 13.7. The Morgan fingerprint density at radius 1 is 1.35 bits per heavy atom. The number of likely N-dealkylation sites (tertiary alicyclic amines) is 1. The van der Waals surface area contributed by atoms with E-state index >= 15 is 0 Å². The Labute approximate surface area is 138 Å². The van der Waals surface area contributed by atoms with Crippen molar-refractivity contribution in [3.05, 3.63) is 35.9 Å². The molecule has 1 saturated heterocycles. The summed E-state index contributed by atoms with van der Waals surface area (Å²) in [6.07, 6.45) is -0.0988. The van der Waals surface area contributed by atoms with Crippen molar-refractivity contribution in [1.82, 2.24) is 4.90 Å². The molecule has 2 unspecified atom stereocenters. The smallest absolute Gasteiger partial charge is 0.410 e. The summed E-state index contributed by atoms with van der Waals surface area (Å²) in [6.45, 7) is 7.46. The van der Waals surface area contributed by atoms with Gasteiger partial charge >= 0.3 is 6.09 Å². The Bertz CT molecular complexity index is 497. The van der Waals surface area contributed by atoms with Crippen LogP contribution in [-0.4, -0.2) is 47.5 Å². The van der Waals surface area contributed by atoms with E-state index < -0.39 is 11.7 Å². The SMILES string of the molecule is CC(C)(C)OC(=O)N1CCC(C(O)COCc2ccccc2)C1. The van der Waals surface area contributed by atoms with Crippen molar-refractivity contribution in [2.24, 2.45) is 5.92 Å². The van der Waals surface area contributed by atoms with Crippen LogP contribution in [0.15, 0.2) is 30.3 Å². The van der Waals surface area contributed by atoms with Gasteiger partial charge in [-0.2, -0.15) is 0 Å². The number of aliphatic hydroxyl groups excluding tert-OH is 1. The fourth-order valence-corrected chi connectivity index (χ4v) is 2.60. The molecule has 0 bridgehead atoms. The molecule has 0 radical (unpaired) electrons. The van der Waals surface area contributed by atoms with Crippen LogP contribution < -0.4 is 0 Å². The molecule has 1 N–H and O–H groups in total. The first-order valence-corrected chi connectivity index (χ1v) is 8.13. The maximum atomic E-state index is 12.0. The number of hydrogen-bond donors (Lipinski definition) is 1.